The van der Waals surface area contributed by atoms with E-state index in [1.165, 1.54) is 12.1 Å². The van der Waals surface area contributed by atoms with Crippen molar-refractivity contribution in [1.82, 2.24) is 4.98 Å². The molecule has 0 radical (unpaired) electrons. The van der Waals surface area contributed by atoms with E-state index in [0.717, 1.165) is 11.1 Å². The SMILES string of the molecule is CC(C)(C)c1ccc(N)c(C#Cc2cc([N+](=O)[O-])cc(C#Cc3cc(C(C)(C)C)ccc3N)n2)c1. The van der Waals surface area contributed by atoms with Crippen LogP contribution in [0.1, 0.15) is 75.2 Å². The highest BCUT2D eigenvalue weighted by atomic mass is 16.6. The summed E-state index contributed by atoms with van der Waals surface area (Å²) in [5.74, 6) is 11.9. The van der Waals surface area contributed by atoms with Crippen LogP contribution in [0.5, 0.6) is 0 Å². The molecule has 1 aromatic heterocycles. The van der Waals surface area contributed by atoms with Crippen LogP contribution in [0.25, 0.3) is 0 Å². The molecule has 0 saturated heterocycles. The Kier molecular flexibility index (Phi) is 6.89. The minimum atomic E-state index is -0.485. The van der Waals surface area contributed by atoms with E-state index in [1.54, 1.807) is 0 Å². The van der Waals surface area contributed by atoms with Crippen molar-refractivity contribution in [3.8, 4) is 23.7 Å². The summed E-state index contributed by atoms with van der Waals surface area (Å²) < 4.78 is 0. The summed E-state index contributed by atoms with van der Waals surface area (Å²) in [6.45, 7) is 12.6. The summed E-state index contributed by atoms with van der Waals surface area (Å²) in [7, 11) is 0. The fourth-order valence-electron chi connectivity index (χ4n) is 3.27. The topological polar surface area (TPSA) is 108 Å². The molecule has 6 heteroatoms. The maximum atomic E-state index is 11.5. The molecule has 6 nitrogen and oxygen atoms in total. The van der Waals surface area contributed by atoms with Gasteiger partial charge in [-0.25, -0.2) is 4.98 Å². The number of nitrogens with two attached hydrogens (primary N) is 2. The predicted molar refractivity (Wildman–Crippen MR) is 142 cm³/mol. The molecule has 0 atom stereocenters. The van der Waals surface area contributed by atoms with Crippen LogP contribution in [0.4, 0.5) is 17.1 Å². The Morgan fingerprint density at radius 3 is 1.46 bits per heavy atom. The second-order valence-electron chi connectivity index (χ2n) is 10.5. The zero-order chi connectivity index (χ0) is 26.0. The molecule has 0 spiro atoms. The van der Waals surface area contributed by atoms with Gasteiger partial charge in [0, 0.05) is 22.5 Å². The van der Waals surface area contributed by atoms with Crippen LogP contribution in [0.15, 0.2) is 48.5 Å². The number of nitro groups is 1. The van der Waals surface area contributed by atoms with Crippen molar-refractivity contribution in [2.24, 2.45) is 0 Å². The summed E-state index contributed by atoms with van der Waals surface area (Å²) in [5.41, 5.74) is 16.9. The molecule has 0 bridgehead atoms. The van der Waals surface area contributed by atoms with Crippen molar-refractivity contribution in [3.63, 3.8) is 0 Å². The van der Waals surface area contributed by atoms with Gasteiger partial charge in [-0.1, -0.05) is 65.5 Å². The van der Waals surface area contributed by atoms with Crippen LogP contribution in [-0.2, 0) is 10.8 Å². The monoisotopic (exact) mass is 466 g/mol. The molecule has 1 heterocycles. The van der Waals surface area contributed by atoms with E-state index in [2.05, 4.69) is 70.2 Å². The standard InChI is InChI=1S/C29H30N4O2/c1-28(2,3)21-9-13-26(30)19(15-21)7-11-23-17-25(33(34)35)18-24(32-23)12-8-20-16-22(29(4,5)6)10-14-27(20)31/h9-10,13-18H,30-31H2,1-6H3. The minimum absolute atomic E-state index is 0.0667. The van der Waals surface area contributed by atoms with E-state index >= 15 is 0 Å². The molecule has 3 aromatic rings. The normalized spacial score (nSPS) is 11.1. The van der Waals surface area contributed by atoms with Gasteiger partial charge in [-0.15, -0.1) is 0 Å². The third-order valence-corrected chi connectivity index (χ3v) is 5.51. The minimum Gasteiger partial charge on any atom is -0.398 e. The molecule has 0 unspecified atom stereocenters. The first-order valence-corrected chi connectivity index (χ1v) is 11.2. The van der Waals surface area contributed by atoms with Crippen LogP contribution in [0, 0.1) is 33.8 Å². The van der Waals surface area contributed by atoms with Crippen molar-refractivity contribution < 1.29 is 4.92 Å². The molecule has 0 aliphatic rings. The Labute approximate surface area is 206 Å². The van der Waals surface area contributed by atoms with Gasteiger partial charge in [-0.3, -0.25) is 10.1 Å². The number of hydrogen-bond acceptors (Lipinski definition) is 5. The highest BCUT2D eigenvalue weighted by Crippen LogP contribution is 2.26. The Morgan fingerprint density at radius 2 is 1.11 bits per heavy atom. The smallest absolute Gasteiger partial charge is 0.275 e. The van der Waals surface area contributed by atoms with Crippen LogP contribution in [-0.4, -0.2) is 9.91 Å². The Morgan fingerprint density at radius 1 is 0.714 bits per heavy atom. The largest absolute Gasteiger partial charge is 0.398 e. The maximum absolute atomic E-state index is 11.5. The molecule has 0 saturated carbocycles. The Bertz CT molecular complexity index is 1320. The first-order chi connectivity index (χ1) is 16.2. The summed E-state index contributed by atoms with van der Waals surface area (Å²) in [4.78, 5) is 15.4. The van der Waals surface area contributed by atoms with Gasteiger partial charge < -0.3 is 11.5 Å². The fourth-order valence-corrected chi connectivity index (χ4v) is 3.27. The van der Waals surface area contributed by atoms with Crippen molar-refractivity contribution >= 4 is 17.1 Å². The molecular weight excluding hydrogens is 436 g/mol. The van der Waals surface area contributed by atoms with Crippen molar-refractivity contribution in [1.29, 1.82) is 0 Å². The number of benzene rings is 2. The van der Waals surface area contributed by atoms with Crippen LogP contribution >= 0.6 is 0 Å². The second kappa shape index (κ2) is 9.52. The van der Waals surface area contributed by atoms with E-state index < -0.39 is 4.92 Å². The molecule has 35 heavy (non-hydrogen) atoms. The third-order valence-electron chi connectivity index (χ3n) is 5.51. The zero-order valence-corrected chi connectivity index (χ0v) is 21.0. The summed E-state index contributed by atoms with van der Waals surface area (Å²) in [6, 6.07) is 14.1. The fraction of sp³-hybridized carbons (Fsp3) is 0.276. The molecule has 0 aliphatic heterocycles. The molecule has 2 aromatic carbocycles. The molecule has 3 rings (SSSR count). The number of nitrogens with zero attached hydrogens (tertiary/aromatic N) is 2. The van der Waals surface area contributed by atoms with E-state index in [-0.39, 0.29) is 27.9 Å². The van der Waals surface area contributed by atoms with Crippen molar-refractivity contribution in [3.05, 3.63) is 92.3 Å². The highest BCUT2D eigenvalue weighted by Gasteiger charge is 2.16. The number of hydrogen-bond donors (Lipinski definition) is 2. The Balaban J connectivity index is 2.04. The molecule has 0 aliphatic carbocycles. The molecule has 0 amide bonds. The quantitative estimate of drug-likeness (QED) is 0.212. The number of rotatable bonds is 1. The maximum Gasteiger partial charge on any atom is 0.275 e. The van der Waals surface area contributed by atoms with Gasteiger partial charge in [-0.05, 0) is 58.1 Å². The zero-order valence-electron chi connectivity index (χ0n) is 21.0. The van der Waals surface area contributed by atoms with Crippen LogP contribution in [0.3, 0.4) is 0 Å². The molecule has 0 fully saturated rings. The van der Waals surface area contributed by atoms with E-state index in [0.29, 0.717) is 22.5 Å². The van der Waals surface area contributed by atoms with Gasteiger partial charge in [0.05, 0.1) is 17.1 Å². The lowest BCUT2D eigenvalue weighted by atomic mass is 9.86. The highest BCUT2D eigenvalue weighted by molar-refractivity contribution is 5.61. The average Bonchev–Trinajstić information content (AvgIpc) is 2.76. The molecule has 4 N–H and O–H groups in total. The van der Waals surface area contributed by atoms with Crippen LogP contribution < -0.4 is 11.5 Å². The second-order valence-corrected chi connectivity index (χ2v) is 10.5. The van der Waals surface area contributed by atoms with E-state index in [1.807, 2.05) is 36.4 Å². The van der Waals surface area contributed by atoms with Gasteiger partial charge in [-0.2, -0.15) is 0 Å². The van der Waals surface area contributed by atoms with E-state index in [4.69, 9.17) is 11.5 Å². The van der Waals surface area contributed by atoms with Gasteiger partial charge in [0.15, 0.2) is 0 Å². The van der Waals surface area contributed by atoms with Gasteiger partial charge in [0.2, 0.25) is 0 Å². The first kappa shape index (κ1) is 25.3. The molecule has 178 valence electrons. The van der Waals surface area contributed by atoms with Crippen molar-refractivity contribution in [2.75, 3.05) is 11.5 Å². The Hall–Kier alpha value is -4.29. The van der Waals surface area contributed by atoms with Crippen LogP contribution in [0.2, 0.25) is 0 Å². The third kappa shape index (κ3) is 6.40. The lowest BCUT2D eigenvalue weighted by Crippen LogP contribution is -2.11. The summed E-state index contributed by atoms with van der Waals surface area (Å²) in [5, 5.41) is 11.5. The number of anilines is 2. The van der Waals surface area contributed by atoms with Gasteiger partial charge >= 0.3 is 0 Å². The van der Waals surface area contributed by atoms with Gasteiger partial charge in [0.25, 0.3) is 5.69 Å². The lowest BCUT2D eigenvalue weighted by Gasteiger charge is -2.19. The first-order valence-electron chi connectivity index (χ1n) is 11.2. The summed E-state index contributed by atoms with van der Waals surface area (Å²) >= 11 is 0. The van der Waals surface area contributed by atoms with Gasteiger partial charge in [0.1, 0.15) is 11.4 Å². The molecular formula is C29H30N4O2. The van der Waals surface area contributed by atoms with E-state index in [9.17, 15) is 10.1 Å². The summed E-state index contributed by atoms with van der Waals surface area (Å²) in [6.07, 6.45) is 0. The average molecular weight is 467 g/mol. The number of nitrogen functional groups attached to an aromatic ring is 2. The lowest BCUT2D eigenvalue weighted by molar-refractivity contribution is -0.385. The number of aromatic nitrogens is 1. The van der Waals surface area contributed by atoms with Crippen molar-refractivity contribution in [2.45, 2.75) is 52.4 Å². The number of pyridine rings is 1. The predicted octanol–water partition coefficient (Wildman–Crippen LogP) is 5.55.